The highest BCUT2D eigenvalue weighted by atomic mass is 79.9. The van der Waals surface area contributed by atoms with Crippen molar-refractivity contribution >= 4 is 33.7 Å². The van der Waals surface area contributed by atoms with Gasteiger partial charge >= 0.3 is 6.09 Å². The second-order valence-corrected chi connectivity index (χ2v) is 10.9. The van der Waals surface area contributed by atoms with Gasteiger partial charge in [-0.05, 0) is 59.3 Å². The number of ether oxygens (including phenoxy) is 2. The maximum absolute atomic E-state index is 14.1. The first-order chi connectivity index (χ1) is 18.7. The van der Waals surface area contributed by atoms with Crippen LogP contribution in [0.4, 0.5) is 4.79 Å². The molecule has 0 aromatic heterocycles. The van der Waals surface area contributed by atoms with Crippen molar-refractivity contribution in [3.05, 3.63) is 82.3 Å². The van der Waals surface area contributed by atoms with Gasteiger partial charge in [-0.25, -0.2) is 9.69 Å². The fourth-order valence-electron chi connectivity index (χ4n) is 5.15. The predicted molar refractivity (Wildman–Crippen MR) is 148 cm³/mol. The number of benzene rings is 2. The lowest BCUT2D eigenvalue weighted by Gasteiger charge is -2.38. The molecule has 4 rings (SSSR count). The van der Waals surface area contributed by atoms with Gasteiger partial charge in [-0.2, -0.15) is 0 Å². The zero-order valence-corrected chi connectivity index (χ0v) is 23.5. The summed E-state index contributed by atoms with van der Waals surface area (Å²) in [6, 6.07) is 17.8. The third-order valence-electron chi connectivity index (χ3n) is 7.28. The lowest BCUT2D eigenvalue weighted by molar-refractivity contribution is -0.218. The number of hydrogen-bond acceptors (Lipinski definition) is 7. The van der Waals surface area contributed by atoms with Crippen molar-refractivity contribution in [3.63, 3.8) is 0 Å². The number of rotatable bonds is 11. The Bertz CT molecular complexity index is 1190. The van der Waals surface area contributed by atoms with E-state index < -0.39 is 47.7 Å². The van der Waals surface area contributed by atoms with E-state index in [1.54, 1.807) is 6.92 Å². The van der Waals surface area contributed by atoms with E-state index >= 15 is 0 Å². The molecule has 2 N–H and O–H groups in total. The number of cyclic esters (lactones) is 1. The van der Waals surface area contributed by atoms with Gasteiger partial charge < -0.3 is 19.7 Å². The number of halogens is 1. The minimum atomic E-state index is -1.79. The predicted octanol–water partition coefficient (Wildman–Crippen LogP) is 4.83. The standard InChI is InChI=1S/C30H34BrNO7/c1-20-26(22-14-8-5-9-15-22)38-29(36)32(20)28(35)23(18-21-12-6-4-7-13-21)27-24(34)19-25(31)30(37,39-27)16-10-2-3-11-17-33/h4-9,12-15,19-20,23,26-27,33,37H,2-3,10-11,16-18H2,1H3/t20-,23-,26-,27-,30+/m1/s1. The Balaban J connectivity index is 1.61. The highest BCUT2D eigenvalue weighted by molar-refractivity contribution is 9.11. The van der Waals surface area contributed by atoms with Gasteiger partial charge in [-0.15, -0.1) is 0 Å². The summed E-state index contributed by atoms with van der Waals surface area (Å²) >= 11 is 3.29. The maximum atomic E-state index is 14.1. The van der Waals surface area contributed by atoms with Crippen molar-refractivity contribution in [2.24, 2.45) is 5.92 Å². The van der Waals surface area contributed by atoms with Crippen LogP contribution in [-0.2, 0) is 25.5 Å². The highest BCUT2D eigenvalue weighted by Crippen LogP contribution is 2.39. The van der Waals surface area contributed by atoms with Crippen molar-refractivity contribution in [3.8, 4) is 0 Å². The quantitative estimate of drug-likeness (QED) is 0.355. The molecule has 0 bridgehead atoms. The number of hydrogen-bond donors (Lipinski definition) is 2. The topological polar surface area (TPSA) is 113 Å². The fraction of sp³-hybridized carbons (Fsp3) is 0.433. The zero-order chi connectivity index (χ0) is 28.0. The summed E-state index contributed by atoms with van der Waals surface area (Å²) < 4.78 is 11.8. The molecule has 0 saturated carbocycles. The first-order valence-electron chi connectivity index (χ1n) is 13.3. The van der Waals surface area contributed by atoms with Crippen LogP contribution in [0.15, 0.2) is 71.2 Å². The van der Waals surface area contributed by atoms with E-state index in [9.17, 15) is 19.5 Å². The minimum Gasteiger partial charge on any atom is -0.439 e. The number of ketones is 1. The van der Waals surface area contributed by atoms with E-state index in [2.05, 4.69) is 15.9 Å². The van der Waals surface area contributed by atoms with Gasteiger partial charge in [0.1, 0.15) is 12.2 Å². The molecule has 39 heavy (non-hydrogen) atoms. The number of aliphatic hydroxyl groups is 2. The molecular weight excluding hydrogens is 566 g/mol. The maximum Gasteiger partial charge on any atom is 0.417 e. The lowest BCUT2D eigenvalue weighted by Crippen LogP contribution is -2.53. The van der Waals surface area contributed by atoms with Gasteiger partial charge in [0.15, 0.2) is 11.6 Å². The molecule has 0 spiro atoms. The summed E-state index contributed by atoms with van der Waals surface area (Å²) in [6.45, 7) is 1.84. The van der Waals surface area contributed by atoms with E-state index in [-0.39, 0.29) is 23.9 Å². The van der Waals surface area contributed by atoms with E-state index in [0.717, 1.165) is 28.9 Å². The Kier molecular flexibility index (Phi) is 9.71. The monoisotopic (exact) mass is 599 g/mol. The van der Waals surface area contributed by atoms with Gasteiger partial charge in [-0.1, -0.05) is 73.5 Å². The van der Waals surface area contributed by atoms with Crippen LogP contribution in [0, 0.1) is 5.92 Å². The van der Waals surface area contributed by atoms with Crippen LogP contribution >= 0.6 is 15.9 Å². The van der Waals surface area contributed by atoms with E-state index in [4.69, 9.17) is 14.6 Å². The van der Waals surface area contributed by atoms with E-state index in [0.29, 0.717) is 12.8 Å². The van der Waals surface area contributed by atoms with Crippen LogP contribution < -0.4 is 0 Å². The average Bonchev–Trinajstić information content (AvgIpc) is 3.24. The summed E-state index contributed by atoms with van der Waals surface area (Å²) in [5.41, 5.74) is 1.55. The summed E-state index contributed by atoms with van der Waals surface area (Å²) in [4.78, 5) is 41.4. The molecule has 0 unspecified atom stereocenters. The number of imide groups is 1. The molecule has 2 amide bonds. The lowest BCUT2D eigenvalue weighted by atomic mass is 9.87. The van der Waals surface area contributed by atoms with Crippen LogP contribution in [0.25, 0.3) is 0 Å². The molecule has 0 radical (unpaired) electrons. The zero-order valence-electron chi connectivity index (χ0n) is 21.9. The number of aliphatic hydroxyl groups excluding tert-OH is 1. The van der Waals surface area contributed by atoms with Gasteiger partial charge in [0.25, 0.3) is 0 Å². The van der Waals surface area contributed by atoms with E-state index in [1.165, 1.54) is 6.08 Å². The average molecular weight is 601 g/mol. The molecule has 2 aliphatic rings. The normalized spacial score (nSPS) is 25.8. The van der Waals surface area contributed by atoms with Crippen molar-refractivity contribution in [1.82, 2.24) is 4.90 Å². The Morgan fingerprint density at radius 3 is 2.33 bits per heavy atom. The van der Waals surface area contributed by atoms with Crippen molar-refractivity contribution in [2.75, 3.05) is 6.61 Å². The van der Waals surface area contributed by atoms with Gasteiger partial charge in [0.05, 0.1) is 16.4 Å². The Morgan fingerprint density at radius 2 is 1.67 bits per heavy atom. The molecule has 2 aromatic carbocycles. The molecule has 2 aliphatic heterocycles. The Labute approximate surface area is 236 Å². The number of unbranched alkanes of at least 4 members (excludes halogenated alkanes) is 3. The fourth-order valence-corrected chi connectivity index (χ4v) is 5.67. The largest absolute Gasteiger partial charge is 0.439 e. The molecule has 1 saturated heterocycles. The van der Waals surface area contributed by atoms with Gasteiger partial charge in [0, 0.05) is 13.0 Å². The molecule has 0 aliphatic carbocycles. The molecule has 5 atom stereocenters. The number of amides is 2. The molecule has 9 heteroatoms. The SMILES string of the molecule is C[C@@H]1[C@H](c2ccccc2)OC(=O)N1C(=O)[C@H](Cc1ccccc1)[C@H]1O[C@@](O)(CCCCCCO)C(Br)=CC1=O. The molecule has 2 heterocycles. The van der Waals surface area contributed by atoms with Crippen molar-refractivity contribution in [1.29, 1.82) is 0 Å². The summed E-state index contributed by atoms with van der Waals surface area (Å²) in [7, 11) is 0. The number of carbonyl (C=O) groups is 3. The third kappa shape index (κ3) is 6.66. The number of carbonyl (C=O) groups excluding carboxylic acids is 3. The first kappa shape index (κ1) is 29.1. The minimum absolute atomic E-state index is 0.104. The van der Waals surface area contributed by atoms with Crippen LogP contribution in [0.5, 0.6) is 0 Å². The van der Waals surface area contributed by atoms with Gasteiger partial charge in [-0.3, -0.25) is 9.59 Å². The van der Waals surface area contributed by atoms with Crippen molar-refractivity contribution in [2.45, 2.75) is 69.5 Å². The van der Waals surface area contributed by atoms with E-state index in [1.807, 2.05) is 60.7 Å². The smallest absolute Gasteiger partial charge is 0.417 e. The molecule has 1 fully saturated rings. The van der Waals surface area contributed by atoms with Crippen LogP contribution in [0.1, 0.15) is 56.3 Å². The summed E-state index contributed by atoms with van der Waals surface area (Å²) in [5.74, 6) is -3.94. The summed E-state index contributed by atoms with van der Waals surface area (Å²) in [5, 5.41) is 20.4. The Morgan fingerprint density at radius 1 is 1.03 bits per heavy atom. The van der Waals surface area contributed by atoms with Crippen LogP contribution in [-0.4, -0.2) is 57.4 Å². The Hall–Kier alpha value is -2.85. The molecular formula is C30H34BrNO7. The first-order valence-corrected chi connectivity index (χ1v) is 14.1. The van der Waals surface area contributed by atoms with Crippen molar-refractivity contribution < 1.29 is 34.1 Å². The third-order valence-corrected chi connectivity index (χ3v) is 8.13. The van der Waals surface area contributed by atoms with Gasteiger partial charge in [0.2, 0.25) is 5.91 Å². The van der Waals surface area contributed by atoms with Crippen LogP contribution in [0.3, 0.4) is 0 Å². The molecule has 208 valence electrons. The highest BCUT2D eigenvalue weighted by Gasteiger charge is 2.51. The molecule has 2 aromatic rings. The number of nitrogens with zero attached hydrogens (tertiary/aromatic N) is 1. The second kappa shape index (κ2) is 13.0. The molecule has 8 nitrogen and oxygen atoms in total. The van der Waals surface area contributed by atoms with Crippen LogP contribution in [0.2, 0.25) is 0 Å². The summed E-state index contributed by atoms with van der Waals surface area (Å²) in [6.07, 6.45) is 1.67. The second-order valence-electron chi connectivity index (χ2n) is 10.1.